The van der Waals surface area contributed by atoms with Gasteiger partial charge in [-0.05, 0) is 49.6 Å². The van der Waals surface area contributed by atoms with E-state index in [-0.39, 0.29) is 5.91 Å². The van der Waals surface area contributed by atoms with Gasteiger partial charge in [-0.2, -0.15) is 0 Å². The molecule has 0 unspecified atom stereocenters. The molecule has 1 saturated heterocycles. The van der Waals surface area contributed by atoms with Crippen molar-refractivity contribution in [3.05, 3.63) is 59.3 Å². The van der Waals surface area contributed by atoms with E-state index in [1.54, 1.807) is 30.3 Å². The Labute approximate surface area is 151 Å². The molecule has 0 spiro atoms. The maximum Gasteiger partial charge on any atom is 0.291 e. The van der Waals surface area contributed by atoms with Crippen molar-refractivity contribution in [1.29, 1.82) is 0 Å². The van der Waals surface area contributed by atoms with Crippen LogP contribution in [0.15, 0.2) is 52.9 Å². The van der Waals surface area contributed by atoms with Crippen LogP contribution in [-0.4, -0.2) is 19.0 Å². The van der Waals surface area contributed by atoms with E-state index in [9.17, 15) is 4.79 Å². The molecule has 1 amide bonds. The van der Waals surface area contributed by atoms with Gasteiger partial charge in [-0.25, -0.2) is 0 Å². The Morgan fingerprint density at radius 2 is 1.84 bits per heavy atom. The number of furan rings is 1. The van der Waals surface area contributed by atoms with Crippen LogP contribution >= 0.6 is 11.6 Å². The van der Waals surface area contributed by atoms with Crippen LogP contribution in [0.3, 0.4) is 0 Å². The number of carbonyl (C=O) groups excluding carboxylic acids is 1. The molecule has 1 fully saturated rings. The van der Waals surface area contributed by atoms with Crippen LogP contribution in [0.4, 0.5) is 11.4 Å². The molecule has 4 rings (SSSR count). The Morgan fingerprint density at radius 1 is 1.04 bits per heavy atom. The number of benzene rings is 2. The Morgan fingerprint density at radius 3 is 2.64 bits per heavy atom. The van der Waals surface area contributed by atoms with Gasteiger partial charge in [0.25, 0.3) is 5.91 Å². The standard InChI is InChI=1S/C20H19ClN2O2/c21-15-7-5-8-16(13-15)22-20(24)18-12-14-6-4-9-17(19(14)25-18)23-10-2-1-3-11-23/h4-9,12-13H,1-3,10-11H2,(H,22,24). The Balaban J connectivity index is 1.63. The summed E-state index contributed by atoms with van der Waals surface area (Å²) in [5.74, 6) is 0.0301. The monoisotopic (exact) mass is 354 g/mol. The van der Waals surface area contributed by atoms with Gasteiger partial charge in [-0.1, -0.05) is 29.8 Å². The van der Waals surface area contributed by atoms with E-state index in [1.165, 1.54) is 19.3 Å². The second-order valence-electron chi connectivity index (χ2n) is 6.32. The zero-order valence-corrected chi connectivity index (χ0v) is 14.6. The van der Waals surface area contributed by atoms with Crippen LogP contribution in [0, 0.1) is 0 Å². The van der Waals surface area contributed by atoms with Crippen molar-refractivity contribution in [2.75, 3.05) is 23.3 Å². The number of nitrogens with one attached hydrogen (secondary N) is 1. The summed E-state index contributed by atoms with van der Waals surface area (Å²) < 4.78 is 5.93. The van der Waals surface area contributed by atoms with Gasteiger partial charge in [0.15, 0.2) is 11.3 Å². The highest BCUT2D eigenvalue weighted by molar-refractivity contribution is 6.31. The third-order valence-corrected chi connectivity index (χ3v) is 4.76. The number of hydrogen-bond donors (Lipinski definition) is 1. The molecule has 25 heavy (non-hydrogen) atoms. The van der Waals surface area contributed by atoms with Crippen molar-refractivity contribution in [2.24, 2.45) is 0 Å². The summed E-state index contributed by atoms with van der Waals surface area (Å²) in [6, 6.07) is 14.9. The van der Waals surface area contributed by atoms with Crippen LogP contribution < -0.4 is 10.2 Å². The quantitative estimate of drug-likeness (QED) is 0.691. The lowest BCUT2D eigenvalue weighted by atomic mass is 10.1. The molecule has 4 nitrogen and oxygen atoms in total. The Kier molecular flexibility index (Phi) is 4.36. The van der Waals surface area contributed by atoms with Crippen molar-refractivity contribution in [1.82, 2.24) is 0 Å². The van der Waals surface area contributed by atoms with Crippen LogP contribution in [0.1, 0.15) is 29.8 Å². The van der Waals surface area contributed by atoms with Crippen LogP contribution in [0.2, 0.25) is 5.02 Å². The maximum absolute atomic E-state index is 12.5. The number of anilines is 2. The van der Waals surface area contributed by atoms with E-state index in [1.807, 2.05) is 12.1 Å². The molecule has 0 saturated carbocycles. The summed E-state index contributed by atoms with van der Waals surface area (Å²) in [6.45, 7) is 2.06. The van der Waals surface area contributed by atoms with Crippen LogP contribution in [-0.2, 0) is 0 Å². The largest absolute Gasteiger partial charge is 0.449 e. The molecular formula is C20H19ClN2O2. The molecule has 2 heterocycles. The van der Waals surface area contributed by atoms with E-state index >= 15 is 0 Å². The van der Waals surface area contributed by atoms with Gasteiger partial charge in [-0.15, -0.1) is 0 Å². The summed E-state index contributed by atoms with van der Waals surface area (Å²) in [4.78, 5) is 14.9. The molecule has 128 valence electrons. The first kappa shape index (κ1) is 16.0. The maximum atomic E-state index is 12.5. The lowest BCUT2D eigenvalue weighted by Gasteiger charge is -2.28. The normalized spacial score (nSPS) is 14.7. The van der Waals surface area contributed by atoms with Gasteiger partial charge in [0, 0.05) is 29.2 Å². The zero-order chi connectivity index (χ0) is 17.2. The van der Waals surface area contributed by atoms with Crippen LogP contribution in [0.5, 0.6) is 0 Å². The summed E-state index contributed by atoms with van der Waals surface area (Å²) in [5, 5.41) is 4.35. The molecule has 1 aliphatic heterocycles. The van der Waals surface area contributed by atoms with Gasteiger partial charge in [0.2, 0.25) is 0 Å². The summed E-state index contributed by atoms with van der Waals surface area (Å²) in [7, 11) is 0. The number of hydrogen-bond acceptors (Lipinski definition) is 3. The van der Waals surface area contributed by atoms with E-state index in [2.05, 4.69) is 16.3 Å². The van der Waals surface area contributed by atoms with Gasteiger partial charge in [0.1, 0.15) is 0 Å². The minimum atomic E-state index is -0.275. The first-order valence-corrected chi connectivity index (χ1v) is 8.93. The highest BCUT2D eigenvalue weighted by atomic mass is 35.5. The van der Waals surface area contributed by atoms with Crippen molar-refractivity contribution in [2.45, 2.75) is 19.3 Å². The predicted molar refractivity (Wildman–Crippen MR) is 102 cm³/mol. The molecule has 1 N–H and O–H groups in total. The summed E-state index contributed by atoms with van der Waals surface area (Å²) in [6.07, 6.45) is 3.66. The van der Waals surface area contributed by atoms with E-state index in [0.717, 1.165) is 29.7 Å². The van der Waals surface area contributed by atoms with Crippen LogP contribution in [0.25, 0.3) is 11.0 Å². The third-order valence-electron chi connectivity index (χ3n) is 4.53. The highest BCUT2D eigenvalue weighted by Crippen LogP contribution is 2.31. The number of fused-ring (bicyclic) bond motifs is 1. The third kappa shape index (κ3) is 3.35. The average Bonchev–Trinajstić information content (AvgIpc) is 3.07. The van der Waals surface area contributed by atoms with Gasteiger partial charge in [-0.3, -0.25) is 4.79 Å². The molecule has 0 atom stereocenters. The number of nitrogens with zero attached hydrogens (tertiary/aromatic N) is 1. The number of piperidine rings is 1. The first-order chi connectivity index (χ1) is 12.2. The minimum Gasteiger partial charge on any atom is -0.449 e. The lowest BCUT2D eigenvalue weighted by Crippen LogP contribution is -2.29. The molecular weight excluding hydrogens is 336 g/mol. The Hall–Kier alpha value is -2.46. The second-order valence-corrected chi connectivity index (χ2v) is 6.75. The fraction of sp³-hybridized carbons (Fsp3) is 0.250. The summed E-state index contributed by atoms with van der Waals surface area (Å²) >= 11 is 5.97. The topological polar surface area (TPSA) is 45.5 Å². The molecule has 2 aromatic carbocycles. The zero-order valence-electron chi connectivity index (χ0n) is 13.8. The number of amides is 1. The molecule has 0 radical (unpaired) electrons. The van der Waals surface area contributed by atoms with Gasteiger partial charge >= 0.3 is 0 Å². The van der Waals surface area contributed by atoms with Crippen molar-refractivity contribution < 1.29 is 9.21 Å². The smallest absolute Gasteiger partial charge is 0.291 e. The molecule has 5 heteroatoms. The number of halogens is 1. The molecule has 3 aromatic rings. The van der Waals surface area contributed by atoms with Crippen molar-refractivity contribution in [3.8, 4) is 0 Å². The highest BCUT2D eigenvalue weighted by Gasteiger charge is 2.19. The minimum absolute atomic E-state index is 0.275. The van der Waals surface area contributed by atoms with E-state index in [4.69, 9.17) is 16.0 Å². The number of para-hydroxylation sites is 1. The average molecular weight is 355 g/mol. The van der Waals surface area contributed by atoms with E-state index < -0.39 is 0 Å². The molecule has 1 aliphatic rings. The van der Waals surface area contributed by atoms with Gasteiger partial charge in [0.05, 0.1) is 5.69 Å². The molecule has 0 aliphatic carbocycles. The second kappa shape index (κ2) is 6.81. The number of rotatable bonds is 3. The first-order valence-electron chi connectivity index (χ1n) is 8.55. The SMILES string of the molecule is O=C(Nc1cccc(Cl)c1)c1cc2cccc(N3CCCCC3)c2o1. The Bertz CT molecular complexity index is 913. The predicted octanol–water partition coefficient (Wildman–Crippen LogP) is 5.33. The fourth-order valence-electron chi connectivity index (χ4n) is 3.30. The fourth-order valence-corrected chi connectivity index (χ4v) is 3.49. The van der Waals surface area contributed by atoms with Crippen molar-refractivity contribution >= 4 is 39.9 Å². The van der Waals surface area contributed by atoms with Crippen molar-refractivity contribution in [3.63, 3.8) is 0 Å². The number of carbonyl (C=O) groups is 1. The summed E-state index contributed by atoms with van der Waals surface area (Å²) in [5.41, 5.74) is 2.49. The van der Waals surface area contributed by atoms with E-state index in [0.29, 0.717) is 16.5 Å². The molecule has 1 aromatic heterocycles. The lowest BCUT2D eigenvalue weighted by molar-refractivity contribution is 0.0999. The van der Waals surface area contributed by atoms with Gasteiger partial charge < -0.3 is 14.6 Å². The molecule has 0 bridgehead atoms.